The number of rotatable bonds is 6. The first-order chi connectivity index (χ1) is 8.04. The molecular weight excluding hydrogens is 226 g/mol. The van der Waals surface area contributed by atoms with Crippen molar-refractivity contribution < 1.29 is 13.6 Å². The molecule has 0 aromatic heterocycles. The summed E-state index contributed by atoms with van der Waals surface area (Å²) in [5.41, 5.74) is -0.193. The van der Waals surface area contributed by atoms with Crippen LogP contribution in [0.15, 0.2) is 18.2 Å². The molecule has 94 valence electrons. The number of benzene rings is 1. The van der Waals surface area contributed by atoms with Crippen molar-refractivity contribution in [2.24, 2.45) is 0 Å². The van der Waals surface area contributed by atoms with E-state index in [-0.39, 0.29) is 12.1 Å². The van der Waals surface area contributed by atoms with Gasteiger partial charge >= 0.3 is 0 Å². The lowest BCUT2D eigenvalue weighted by molar-refractivity contribution is 0.0942. The zero-order valence-corrected chi connectivity index (χ0v) is 9.96. The van der Waals surface area contributed by atoms with Crippen LogP contribution in [0.2, 0.25) is 0 Å². The van der Waals surface area contributed by atoms with Crippen molar-refractivity contribution in [1.29, 1.82) is 0 Å². The molecule has 0 radical (unpaired) electrons. The highest BCUT2D eigenvalue weighted by molar-refractivity contribution is 5.97. The summed E-state index contributed by atoms with van der Waals surface area (Å²) >= 11 is 0. The molecule has 1 aromatic carbocycles. The van der Waals surface area contributed by atoms with Gasteiger partial charge in [0, 0.05) is 13.1 Å². The summed E-state index contributed by atoms with van der Waals surface area (Å²) in [5, 5.41) is 2.95. The molecule has 0 aliphatic rings. The van der Waals surface area contributed by atoms with Gasteiger partial charge in [0.15, 0.2) is 5.78 Å². The van der Waals surface area contributed by atoms with Crippen molar-refractivity contribution in [1.82, 2.24) is 10.2 Å². The van der Waals surface area contributed by atoms with Gasteiger partial charge in [-0.2, -0.15) is 0 Å². The molecule has 0 unspecified atom stereocenters. The van der Waals surface area contributed by atoms with Crippen LogP contribution < -0.4 is 5.32 Å². The molecule has 0 saturated carbocycles. The topological polar surface area (TPSA) is 32.3 Å². The standard InChI is InChI=1S/C12H16F2N2O/c1-15-5-6-16(2)8-12(17)10-7-9(13)3-4-11(10)14/h3-4,7,15H,5-6,8H2,1-2H3. The molecule has 0 heterocycles. The molecule has 0 aliphatic heterocycles. The molecule has 0 amide bonds. The molecule has 0 atom stereocenters. The monoisotopic (exact) mass is 242 g/mol. The van der Waals surface area contributed by atoms with E-state index in [1.807, 2.05) is 7.05 Å². The Morgan fingerprint density at radius 2 is 2.12 bits per heavy atom. The number of nitrogens with zero attached hydrogens (tertiary/aromatic N) is 1. The second kappa shape index (κ2) is 6.42. The average molecular weight is 242 g/mol. The third kappa shape index (κ3) is 4.20. The third-order valence-corrected chi connectivity index (χ3v) is 2.39. The maximum atomic E-state index is 13.3. The maximum absolute atomic E-state index is 13.3. The van der Waals surface area contributed by atoms with E-state index in [1.54, 1.807) is 11.9 Å². The van der Waals surface area contributed by atoms with Gasteiger partial charge in [0.2, 0.25) is 0 Å². The zero-order valence-electron chi connectivity index (χ0n) is 9.96. The Hall–Kier alpha value is -1.33. The molecule has 3 nitrogen and oxygen atoms in total. The number of hydrogen-bond donors (Lipinski definition) is 1. The Bertz CT molecular complexity index is 396. The molecular formula is C12H16F2N2O. The summed E-state index contributed by atoms with van der Waals surface area (Å²) in [6.07, 6.45) is 0. The van der Waals surface area contributed by atoms with Gasteiger partial charge in [-0.05, 0) is 32.3 Å². The lowest BCUT2D eigenvalue weighted by Gasteiger charge is -2.15. The number of likely N-dealkylation sites (N-methyl/N-ethyl adjacent to an activating group) is 2. The molecule has 5 heteroatoms. The molecule has 0 spiro atoms. The minimum Gasteiger partial charge on any atom is -0.318 e. The highest BCUT2D eigenvalue weighted by atomic mass is 19.1. The molecule has 0 fully saturated rings. The second-order valence-electron chi connectivity index (χ2n) is 3.89. The Balaban J connectivity index is 2.66. The summed E-state index contributed by atoms with van der Waals surface area (Å²) < 4.78 is 26.2. The average Bonchev–Trinajstić information content (AvgIpc) is 2.29. The lowest BCUT2D eigenvalue weighted by atomic mass is 10.1. The van der Waals surface area contributed by atoms with Crippen LogP contribution in [0.25, 0.3) is 0 Å². The largest absolute Gasteiger partial charge is 0.318 e. The highest BCUT2D eigenvalue weighted by Crippen LogP contribution is 2.10. The number of ketones is 1. The molecule has 1 rings (SSSR count). The number of carbonyl (C=O) groups excluding carboxylic acids is 1. The van der Waals surface area contributed by atoms with Crippen LogP contribution in [0, 0.1) is 11.6 Å². The zero-order chi connectivity index (χ0) is 12.8. The maximum Gasteiger partial charge on any atom is 0.179 e. The number of Topliss-reactive ketones (excluding diaryl/α,β-unsaturated/α-hetero) is 1. The van der Waals surface area contributed by atoms with Crippen molar-refractivity contribution in [3.63, 3.8) is 0 Å². The normalized spacial score (nSPS) is 10.9. The van der Waals surface area contributed by atoms with E-state index >= 15 is 0 Å². The molecule has 0 saturated heterocycles. The van der Waals surface area contributed by atoms with Gasteiger partial charge in [-0.1, -0.05) is 0 Å². The summed E-state index contributed by atoms with van der Waals surface area (Å²) in [4.78, 5) is 13.5. The van der Waals surface area contributed by atoms with Crippen molar-refractivity contribution in [2.45, 2.75) is 0 Å². The Morgan fingerprint density at radius 3 is 2.76 bits per heavy atom. The summed E-state index contributed by atoms with van der Waals surface area (Å²) in [6.45, 7) is 1.47. The summed E-state index contributed by atoms with van der Waals surface area (Å²) in [6, 6.07) is 2.90. The first-order valence-corrected chi connectivity index (χ1v) is 5.36. The quantitative estimate of drug-likeness (QED) is 0.763. The van der Waals surface area contributed by atoms with Crippen molar-refractivity contribution in [3.05, 3.63) is 35.4 Å². The lowest BCUT2D eigenvalue weighted by Crippen LogP contribution is -2.32. The smallest absolute Gasteiger partial charge is 0.179 e. The molecule has 1 aromatic rings. The van der Waals surface area contributed by atoms with E-state index in [0.717, 1.165) is 24.7 Å². The Morgan fingerprint density at radius 1 is 1.41 bits per heavy atom. The summed E-state index contributed by atoms with van der Waals surface area (Å²) in [7, 11) is 3.56. The van der Waals surface area contributed by atoms with Crippen LogP contribution in [-0.4, -0.2) is 44.4 Å². The fourth-order valence-electron chi connectivity index (χ4n) is 1.42. The first kappa shape index (κ1) is 13.7. The van der Waals surface area contributed by atoms with Crippen LogP contribution in [-0.2, 0) is 0 Å². The SMILES string of the molecule is CNCCN(C)CC(=O)c1cc(F)ccc1F. The van der Waals surface area contributed by atoms with Gasteiger partial charge in [-0.15, -0.1) is 0 Å². The van der Waals surface area contributed by atoms with Crippen LogP contribution >= 0.6 is 0 Å². The number of nitrogens with one attached hydrogen (secondary N) is 1. The minimum absolute atomic E-state index is 0.0715. The molecule has 1 N–H and O–H groups in total. The van der Waals surface area contributed by atoms with Crippen LogP contribution in [0.4, 0.5) is 8.78 Å². The van der Waals surface area contributed by atoms with E-state index in [1.165, 1.54) is 0 Å². The van der Waals surface area contributed by atoms with Crippen LogP contribution in [0.1, 0.15) is 10.4 Å². The van der Waals surface area contributed by atoms with Crippen LogP contribution in [0.3, 0.4) is 0 Å². The van der Waals surface area contributed by atoms with Gasteiger partial charge in [0.1, 0.15) is 11.6 Å². The van der Waals surface area contributed by atoms with Gasteiger partial charge in [-0.3, -0.25) is 9.69 Å². The van der Waals surface area contributed by atoms with Crippen molar-refractivity contribution >= 4 is 5.78 Å². The molecule has 0 bridgehead atoms. The fourth-order valence-corrected chi connectivity index (χ4v) is 1.42. The first-order valence-electron chi connectivity index (χ1n) is 5.36. The minimum atomic E-state index is -0.682. The highest BCUT2D eigenvalue weighted by Gasteiger charge is 2.14. The van der Waals surface area contributed by atoms with E-state index < -0.39 is 17.4 Å². The van der Waals surface area contributed by atoms with E-state index in [4.69, 9.17) is 0 Å². The van der Waals surface area contributed by atoms with E-state index in [0.29, 0.717) is 6.54 Å². The second-order valence-corrected chi connectivity index (χ2v) is 3.89. The van der Waals surface area contributed by atoms with Gasteiger partial charge in [0.25, 0.3) is 0 Å². The van der Waals surface area contributed by atoms with Gasteiger partial charge < -0.3 is 5.32 Å². The van der Waals surface area contributed by atoms with E-state index in [2.05, 4.69) is 5.32 Å². The van der Waals surface area contributed by atoms with Crippen molar-refractivity contribution in [2.75, 3.05) is 33.7 Å². The Labute approximate surface area is 99.4 Å². The molecule has 17 heavy (non-hydrogen) atoms. The summed E-state index contributed by atoms with van der Waals surface area (Å²) in [5.74, 6) is -1.70. The molecule has 0 aliphatic carbocycles. The van der Waals surface area contributed by atoms with Crippen LogP contribution in [0.5, 0.6) is 0 Å². The van der Waals surface area contributed by atoms with Crippen molar-refractivity contribution in [3.8, 4) is 0 Å². The Kier molecular flexibility index (Phi) is 5.18. The van der Waals surface area contributed by atoms with E-state index in [9.17, 15) is 13.6 Å². The van der Waals surface area contributed by atoms with Gasteiger partial charge in [0.05, 0.1) is 12.1 Å². The van der Waals surface area contributed by atoms with Gasteiger partial charge in [-0.25, -0.2) is 8.78 Å². The number of carbonyl (C=O) groups is 1. The number of hydrogen-bond acceptors (Lipinski definition) is 3. The third-order valence-electron chi connectivity index (χ3n) is 2.39. The fraction of sp³-hybridized carbons (Fsp3) is 0.417. The predicted octanol–water partition coefficient (Wildman–Crippen LogP) is 1.30. The predicted molar refractivity (Wildman–Crippen MR) is 62.1 cm³/mol. The number of halogens is 2.